The van der Waals surface area contributed by atoms with E-state index in [9.17, 15) is 4.79 Å². The van der Waals surface area contributed by atoms with Crippen molar-refractivity contribution >= 4 is 17.2 Å². The van der Waals surface area contributed by atoms with Gasteiger partial charge in [0.25, 0.3) is 0 Å². The number of rotatable bonds is 12. The number of aryl methyl sites for hydroxylation is 2. The summed E-state index contributed by atoms with van der Waals surface area (Å²) in [5.41, 5.74) is 5.97. The molecule has 7 nitrogen and oxygen atoms in total. The largest absolute Gasteiger partial charge is 0.511 e. The van der Waals surface area contributed by atoms with Gasteiger partial charge in [0.15, 0.2) is 0 Å². The first kappa shape index (κ1) is 27.2. The highest BCUT2D eigenvalue weighted by atomic mass is 16.7. The summed E-state index contributed by atoms with van der Waals surface area (Å²) in [6.07, 6.45) is 9.43. The molecule has 0 aliphatic carbocycles. The van der Waals surface area contributed by atoms with Crippen LogP contribution >= 0.6 is 0 Å². The van der Waals surface area contributed by atoms with Crippen LogP contribution in [-0.4, -0.2) is 30.4 Å². The molecule has 3 aromatic carbocycles. The summed E-state index contributed by atoms with van der Waals surface area (Å²) in [7, 11) is 0. The van der Waals surface area contributed by atoms with E-state index in [1.165, 1.54) is 19.3 Å². The van der Waals surface area contributed by atoms with Gasteiger partial charge in [-0.25, -0.2) is 14.8 Å². The molecule has 0 saturated carbocycles. The lowest BCUT2D eigenvalue weighted by Crippen LogP contribution is -2.06. The molecule has 40 heavy (non-hydrogen) atoms. The number of carbonyl (C=O) groups is 1. The average molecular weight is 537 g/mol. The predicted molar refractivity (Wildman–Crippen MR) is 159 cm³/mol. The van der Waals surface area contributed by atoms with Crippen LogP contribution in [0.25, 0.3) is 33.5 Å². The third-order valence-electron chi connectivity index (χ3n) is 7.22. The highest BCUT2D eigenvalue weighted by Crippen LogP contribution is 2.31. The fourth-order valence-electron chi connectivity index (χ4n) is 5.22. The fourth-order valence-corrected chi connectivity index (χ4v) is 5.22. The number of fused-ring (bicyclic) bond motifs is 1. The molecule has 0 amide bonds. The van der Waals surface area contributed by atoms with E-state index in [0.29, 0.717) is 12.3 Å². The van der Waals surface area contributed by atoms with Crippen molar-refractivity contribution in [1.29, 1.82) is 0 Å². The molecule has 0 aliphatic rings. The minimum absolute atomic E-state index is 0.324. The molecular weight excluding hydrogens is 500 g/mol. The highest BCUT2D eigenvalue weighted by molar-refractivity contribution is 5.81. The van der Waals surface area contributed by atoms with Crippen molar-refractivity contribution in [2.75, 3.05) is 0 Å². The second kappa shape index (κ2) is 12.6. The number of nitrogens with zero attached hydrogens (tertiary/aromatic N) is 4. The molecule has 0 atom stereocenters. The van der Waals surface area contributed by atoms with Crippen molar-refractivity contribution in [1.82, 2.24) is 19.1 Å². The topological polar surface area (TPSA) is 82.2 Å². The van der Waals surface area contributed by atoms with Gasteiger partial charge < -0.3 is 19.0 Å². The third kappa shape index (κ3) is 6.09. The first-order chi connectivity index (χ1) is 19.6. The number of ether oxygens (including phenoxy) is 1. The molecule has 0 fully saturated rings. The Balaban J connectivity index is 1.44. The lowest BCUT2D eigenvalue weighted by atomic mass is 10.0. The number of para-hydroxylation sites is 1. The first-order valence-electron chi connectivity index (χ1n) is 14.2. The molecule has 5 aromatic rings. The molecule has 0 bridgehead atoms. The monoisotopic (exact) mass is 536 g/mol. The van der Waals surface area contributed by atoms with Crippen molar-refractivity contribution in [3.63, 3.8) is 0 Å². The van der Waals surface area contributed by atoms with Crippen LogP contribution in [0, 0.1) is 0 Å². The van der Waals surface area contributed by atoms with Gasteiger partial charge in [0.2, 0.25) is 0 Å². The lowest BCUT2D eigenvalue weighted by Gasteiger charge is -2.12. The molecule has 0 saturated heterocycles. The van der Waals surface area contributed by atoms with Crippen LogP contribution in [0.15, 0.2) is 79.1 Å². The highest BCUT2D eigenvalue weighted by Gasteiger charge is 2.15. The normalized spacial score (nSPS) is 11.2. The Morgan fingerprint density at radius 1 is 0.925 bits per heavy atom. The van der Waals surface area contributed by atoms with Crippen LogP contribution in [0.2, 0.25) is 0 Å². The van der Waals surface area contributed by atoms with Crippen LogP contribution in [0.3, 0.4) is 0 Å². The standard InChI is InChI=1S/C33H36N4O3/c1-3-5-6-9-20-36-21-19-34-32(36)26-17-18-28-29(22-26)37(31(35-28)10-4-2)23-24-13-15-25(16-14-24)27-11-7-8-12-30(27)40-33(38)39/h7-8,11-19,21-22H,3-6,9-10,20,23H2,1-2H3,(H,38,39). The Hall–Kier alpha value is -4.39. The summed E-state index contributed by atoms with van der Waals surface area (Å²) in [6.45, 7) is 6.07. The van der Waals surface area contributed by atoms with Gasteiger partial charge in [-0.3, -0.25) is 0 Å². The molecule has 5 rings (SSSR count). The molecule has 0 aliphatic heterocycles. The Bertz CT molecular complexity index is 1580. The summed E-state index contributed by atoms with van der Waals surface area (Å²) in [5.74, 6) is 2.39. The summed E-state index contributed by atoms with van der Waals surface area (Å²) < 4.78 is 9.56. The molecule has 206 valence electrons. The predicted octanol–water partition coefficient (Wildman–Crippen LogP) is 8.20. The van der Waals surface area contributed by atoms with Crippen molar-refractivity contribution in [3.8, 4) is 28.3 Å². The number of carboxylic acid groups (broad SMARTS) is 1. The minimum Gasteiger partial charge on any atom is -0.449 e. The third-order valence-corrected chi connectivity index (χ3v) is 7.22. The number of imidazole rings is 2. The summed E-state index contributed by atoms with van der Waals surface area (Å²) in [4.78, 5) is 20.8. The van der Waals surface area contributed by atoms with E-state index in [1.54, 1.807) is 12.1 Å². The van der Waals surface area contributed by atoms with E-state index in [0.717, 1.165) is 70.7 Å². The Labute approximate surface area is 235 Å². The van der Waals surface area contributed by atoms with Gasteiger partial charge in [-0.1, -0.05) is 75.6 Å². The first-order valence-corrected chi connectivity index (χ1v) is 14.2. The Morgan fingerprint density at radius 3 is 2.50 bits per heavy atom. The quantitative estimate of drug-likeness (QED) is 0.0987. The van der Waals surface area contributed by atoms with Gasteiger partial charge in [-0.15, -0.1) is 0 Å². The number of hydrogen-bond acceptors (Lipinski definition) is 4. The van der Waals surface area contributed by atoms with Crippen LogP contribution in [0.5, 0.6) is 5.75 Å². The second-order valence-corrected chi connectivity index (χ2v) is 10.1. The van der Waals surface area contributed by atoms with Gasteiger partial charge in [0.05, 0.1) is 11.0 Å². The summed E-state index contributed by atoms with van der Waals surface area (Å²) >= 11 is 0. The van der Waals surface area contributed by atoms with E-state index in [2.05, 4.69) is 59.5 Å². The molecular formula is C33H36N4O3. The van der Waals surface area contributed by atoms with E-state index in [4.69, 9.17) is 19.8 Å². The molecule has 2 heterocycles. The fraction of sp³-hybridized carbons (Fsp3) is 0.303. The average Bonchev–Trinajstić information content (AvgIpc) is 3.56. The summed E-state index contributed by atoms with van der Waals surface area (Å²) in [5, 5.41) is 9.10. The van der Waals surface area contributed by atoms with Crippen molar-refractivity contribution < 1.29 is 14.6 Å². The van der Waals surface area contributed by atoms with Crippen LogP contribution in [0.4, 0.5) is 4.79 Å². The smallest absolute Gasteiger partial charge is 0.449 e. The maximum Gasteiger partial charge on any atom is 0.511 e. The van der Waals surface area contributed by atoms with Gasteiger partial charge in [0.1, 0.15) is 17.4 Å². The number of unbranched alkanes of at least 4 members (excludes halogenated alkanes) is 3. The van der Waals surface area contributed by atoms with Gasteiger partial charge in [-0.05, 0) is 48.2 Å². The van der Waals surface area contributed by atoms with Crippen molar-refractivity contribution in [3.05, 3.63) is 90.5 Å². The van der Waals surface area contributed by atoms with Crippen molar-refractivity contribution in [2.24, 2.45) is 0 Å². The zero-order chi connectivity index (χ0) is 27.9. The number of aromatic nitrogens is 4. The van der Waals surface area contributed by atoms with Gasteiger partial charge >= 0.3 is 6.16 Å². The van der Waals surface area contributed by atoms with Gasteiger partial charge in [0, 0.05) is 43.0 Å². The molecule has 2 aromatic heterocycles. The molecule has 1 N–H and O–H groups in total. The number of hydrogen-bond donors (Lipinski definition) is 1. The van der Waals surface area contributed by atoms with Crippen molar-refractivity contribution in [2.45, 2.75) is 65.5 Å². The van der Waals surface area contributed by atoms with E-state index >= 15 is 0 Å². The van der Waals surface area contributed by atoms with E-state index in [1.807, 2.05) is 30.5 Å². The Kier molecular flexibility index (Phi) is 8.59. The zero-order valence-electron chi connectivity index (χ0n) is 23.2. The molecule has 0 spiro atoms. The lowest BCUT2D eigenvalue weighted by molar-refractivity contribution is 0.144. The maximum atomic E-state index is 11.1. The minimum atomic E-state index is -1.32. The molecule has 7 heteroatoms. The SMILES string of the molecule is CCCCCCn1ccnc1-c1ccc2nc(CCC)n(Cc3ccc(-c4ccccc4OC(=O)O)cc3)c2c1. The molecule has 0 unspecified atom stereocenters. The van der Waals surface area contributed by atoms with Crippen LogP contribution in [-0.2, 0) is 19.5 Å². The molecule has 0 radical (unpaired) electrons. The second-order valence-electron chi connectivity index (χ2n) is 10.1. The maximum absolute atomic E-state index is 11.1. The van der Waals surface area contributed by atoms with Crippen LogP contribution in [0.1, 0.15) is 57.3 Å². The number of benzene rings is 3. The van der Waals surface area contributed by atoms with E-state index in [-0.39, 0.29) is 0 Å². The summed E-state index contributed by atoms with van der Waals surface area (Å²) in [6, 6.07) is 21.8. The van der Waals surface area contributed by atoms with E-state index < -0.39 is 6.16 Å². The van der Waals surface area contributed by atoms with Gasteiger partial charge in [-0.2, -0.15) is 0 Å². The Morgan fingerprint density at radius 2 is 1.73 bits per heavy atom. The van der Waals surface area contributed by atoms with Crippen LogP contribution < -0.4 is 4.74 Å². The zero-order valence-corrected chi connectivity index (χ0v) is 23.2.